The summed E-state index contributed by atoms with van der Waals surface area (Å²) < 4.78 is 5.34. The van der Waals surface area contributed by atoms with Crippen molar-refractivity contribution in [3.05, 3.63) is 29.8 Å². The minimum absolute atomic E-state index is 0.113. The van der Waals surface area contributed by atoms with E-state index in [1.54, 1.807) is 31.2 Å². The minimum atomic E-state index is -1.56. The van der Waals surface area contributed by atoms with Crippen LogP contribution in [-0.4, -0.2) is 52.9 Å². The molecule has 1 N–H and O–H groups in total. The normalized spacial score (nSPS) is 21.0. The fourth-order valence-corrected chi connectivity index (χ4v) is 3.92. The summed E-state index contributed by atoms with van der Waals surface area (Å²) in [7, 11) is 0. The number of esters is 1. The van der Waals surface area contributed by atoms with Crippen molar-refractivity contribution in [2.75, 3.05) is 18.1 Å². The van der Waals surface area contributed by atoms with Gasteiger partial charge in [0.25, 0.3) is 11.8 Å². The molecule has 8 nitrogen and oxygen atoms in total. The molecule has 2 aliphatic heterocycles. The van der Waals surface area contributed by atoms with Crippen molar-refractivity contribution in [1.29, 1.82) is 0 Å². The highest BCUT2D eigenvalue weighted by atomic mass is 16.5. The summed E-state index contributed by atoms with van der Waals surface area (Å²) in [5.74, 6) is -1.78. The molecule has 0 unspecified atom stereocenters. The van der Waals surface area contributed by atoms with Gasteiger partial charge in [0.2, 0.25) is 11.6 Å². The van der Waals surface area contributed by atoms with Crippen LogP contribution in [0.4, 0.5) is 5.69 Å². The molecular formula is C21H27N3O5. The average molecular weight is 401 g/mol. The number of hydrogen-bond acceptors (Lipinski definition) is 5. The van der Waals surface area contributed by atoms with Gasteiger partial charge in [-0.25, -0.2) is 4.79 Å². The second kappa shape index (κ2) is 7.50. The quantitative estimate of drug-likeness (QED) is 0.734. The third kappa shape index (κ3) is 3.36. The van der Waals surface area contributed by atoms with Gasteiger partial charge < -0.3 is 15.0 Å². The van der Waals surface area contributed by atoms with Crippen LogP contribution in [0.15, 0.2) is 24.3 Å². The Bertz CT molecular complexity index is 866. The number of anilines is 1. The molecule has 2 heterocycles. The third-order valence-electron chi connectivity index (χ3n) is 5.71. The van der Waals surface area contributed by atoms with Gasteiger partial charge in [-0.15, -0.1) is 0 Å². The van der Waals surface area contributed by atoms with Crippen molar-refractivity contribution in [3.8, 4) is 0 Å². The molecule has 0 aliphatic carbocycles. The van der Waals surface area contributed by atoms with Gasteiger partial charge in [0.05, 0.1) is 11.3 Å². The predicted molar refractivity (Wildman–Crippen MR) is 106 cm³/mol. The Kier molecular flexibility index (Phi) is 5.38. The number of nitrogens with zero attached hydrogens (tertiary/aromatic N) is 2. The second-order valence-corrected chi connectivity index (χ2v) is 7.97. The number of para-hydroxylation sites is 1. The zero-order valence-corrected chi connectivity index (χ0v) is 17.3. The number of likely N-dealkylation sites (N-methyl/N-ethyl adjacent to an activating group) is 1. The standard InChI is InChI=1S/C21H27N3O5/c1-5-20(3,4)22-16(25)13-29-19(28)21-12-11-17(26)24(21)15-10-8-7-9-14(15)18(27)23(21)6-2/h7-10H,5-6,11-13H2,1-4H3,(H,22,25)/t21-/m0/s1. The van der Waals surface area contributed by atoms with E-state index in [1.165, 1.54) is 9.80 Å². The van der Waals surface area contributed by atoms with E-state index in [1.807, 2.05) is 20.8 Å². The van der Waals surface area contributed by atoms with Crippen molar-refractivity contribution < 1.29 is 23.9 Å². The lowest BCUT2D eigenvalue weighted by atomic mass is 9.96. The van der Waals surface area contributed by atoms with Crippen LogP contribution in [0.25, 0.3) is 0 Å². The molecular weight excluding hydrogens is 374 g/mol. The SMILES string of the molecule is CCN1C(=O)c2ccccc2N2C(=O)CC[C@]12C(=O)OCC(=O)NC(C)(C)CC. The zero-order valence-electron chi connectivity index (χ0n) is 17.3. The first-order chi connectivity index (χ1) is 13.7. The maximum atomic E-state index is 13.2. The van der Waals surface area contributed by atoms with E-state index >= 15 is 0 Å². The first-order valence-corrected chi connectivity index (χ1v) is 9.90. The molecule has 0 radical (unpaired) electrons. The van der Waals surface area contributed by atoms with Gasteiger partial charge in [-0.2, -0.15) is 0 Å². The minimum Gasteiger partial charge on any atom is -0.452 e. The Morgan fingerprint density at radius 3 is 2.55 bits per heavy atom. The van der Waals surface area contributed by atoms with Crippen LogP contribution >= 0.6 is 0 Å². The van der Waals surface area contributed by atoms with Crippen LogP contribution in [0.5, 0.6) is 0 Å². The van der Waals surface area contributed by atoms with Gasteiger partial charge in [-0.3, -0.25) is 19.3 Å². The summed E-state index contributed by atoms with van der Waals surface area (Å²) in [5, 5.41) is 2.80. The number of nitrogens with one attached hydrogen (secondary N) is 1. The first-order valence-electron chi connectivity index (χ1n) is 9.90. The molecule has 0 aromatic heterocycles. The molecule has 0 saturated carbocycles. The summed E-state index contributed by atoms with van der Waals surface area (Å²) >= 11 is 0. The smallest absolute Gasteiger partial charge is 0.354 e. The lowest BCUT2D eigenvalue weighted by Crippen LogP contribution is -2.68. The molecule has 0 bridgehead atoms. The molecule has 3 rings (SSSR count). The molecule has 1 aromatic carbocycles. The van der Waals surface area contributed by atoms with E-state index in [0.29, 0.717) is 17.7 Å². The molecule has 8 heteroatoms. The Morgan fingerprint density at radius 2 is 1.90 bits per heavy atom. The number of rotatable bonds is 6. The number of hydrogen-bond donors (Lipinski definition) is 1. The van der Waals surface area contributed by atoms with Gasteiger partial charge in [0.1, 0.15) is 0 Å². The number of benzene rings is 1. The fourth-order valence-electron chi connectivity index (χ4n) is 3.92. The highest BCUT2D eigenvalue weighted by Gasteiger charge is 2.61. The highest BCUT2D eigenvalue weighted by Crippen LogP contribution is 2.44. The summed E-state index contributed by atoms with van der Waals surface area (Å²) in [6.45, 7) is 7.19. The van der Waals surface area contributed by atoms with E-state index in [4.69, 9.17) is 4.74 Å². The Labute approximate surface area is 170 Å². The molecule has 1 fully saturated rings. The lowest BCUT2D eigenvalue weighted by molar-refractivity contribution is -0.160. The number of amides is 3. The number of fused-ring (bicyclic) bond motifs is 3. The molecule has 3 amide bonds. The van der Waals surface area contributed by atoms with Gasteiger partial charge in [0, 0.05) is 24.9 Å². The second-order valence-electron chi connectivity index (χ2n) is 7.97. The molecule has 156 valence electrons. The van der Waals surface area contributed by atoms with E-state index < -0.39 is 29.7 Å². The van der Waals surface area contributed by atoms with E-state index in [0.717, 1.165) is 0 Å². The largest absolute Gasteiger partial charge is 0.452 e. The van der Waals surface area contributed by atoms with Gasteiger partial charge in [-0.05, 0) is 39.3 Å². The molecule has 0 spiro atoms. The van der Waals surface area contributed by atoms with Crippen molar-refractivity contribution in [2.45, 2.75) is 58.2 Å². The van der Waals surface area contributed by atoms with Crippen molar-refractivity contribution in [2.24, 2.45) is 0 Å². The maximum Gasteiger partial charge on any atom is 0.354 e. The molecule has 2 aliphatic rings. The summed E-state index contributed by atoms with van der Waals surface area (Å²) in [5.41, 5.74) is -1.21. The third-order valence-corrected chi connectivity index (χ3v) is 5.71. The number of carbonyl (C=O) groups excluding carboxylic acids is 4. The average Bonchev–Trinajstić information content (AvgIpc) is 3.04. The van der Waals surface area contributed by atoms with Crippen molar-refractivity contribution in [3.63, 3.8) is 0 Å². The van der Waals surface area contributed by atoms with E-state index in [2.05, 4.69) is 5.32 Å². The van der Waals surface area contributed by atoms with Crippen molar-refractivity contribution >= 4 is 29.4 Å². The summed E-state index contributed by atoms with van der Waals surface area (Å²) in [6.07, 6.45) is 0.955. The van der Waals surface area contributed by atoms with Crippen LogP contribution in [-0.2, 0) is 19.1 Å². The van der Waals surface area contributed by atoms with Gasteiger partial charge >= 0.3 is 5.97 Å². The van der Waals surface area contributed by atoms with Crippen LogP contribution in [0.3, 0.4) is 0 Å². The van der Waals surface area contributed by atoms with Crippen LogP contribution in [0.1, 0.15) is 57.3 Å². The molecule has 29 heavy (non-hydrogen) atoms. The van der Waals surface area contributed by atoms with E-state index in [9.17, 15) is 19.2 Å². The van der Waals surface area contributed by atoms with Crippen LogP contribution < -0.4 is 10.2 Å². The Hall–Kier alpha value is -2.90. The maximum absolute atomic E-state index is 13.2. The van der Waals surface area contributed by atoms with Gasteiger partial charge in [0.15, 0.2) is 6.61 Å². The number of ether oxygens (including phenoxy) is 1. The highest BCUT2D eigenvalue weighted by molar-refractivity contribution is 6.15. The van der Waals surface area contributed by atoms with Crippen LogP contribution in [0, 0.1) is 0 Å². The summed E-state index contributed by atoms with van der Waals surface area (Å²) in [4.78, 5) is 54.0. The molecule has 1 aromatic rings. The predicted octanol–water partition coefficient (Wildman–Crippen LogP) is 1.83. The topological polar surface area (TPSA) is 96.0 Å². The molecule has 1 saturated heterocycles. The zero-order chi connectivity index (χ0) is 21.4. The molecule has 1 atom stereocenters. The monoisotopic (exact) mass is 401 g/mol. The van der Waals surface area contributed by atoms with Crippen molar-refractivity contribution in [1.82, 2.24) is 10.2 Å². The summed E-state index contributed by atoms with van der Waals surface area (Å²) in [6, 6.07) is 6.73. The van der Waals surface area contributed by atoms with E-state index in [-0.39, 0.29) is 31.2 Å². The van der Waals surface area contributed by atoms with Crippen LogP contribution in [0.2, 0.25) is 0 Å². The number of carbonyl (C=O) groups is 4. The lowest BCUT2D eigenvalue weighted by Gasteiger charge is -2.48. The fraction of sp³-hybridized carbons (Fsp3) is 0.524. The Morgan fingerprint density at radius 1 is 1.21 bits per heavy atom. The Balaban J connectivity index is 1.91. The first kappa shape index (κ1) is 20.8. The van der Waals surface area contributed by atoms with Gasteiger partial charge in [-0.1, -0.05) is 19.1 Å².